The van der Waals surface area contributed by atoms with Crippen LogP contribution in [0.3, 0.4) is 0 Å². The Hall–Kier alpha value is -1.45. The zero-order chi connectivity index (χ0) is 17.0. The highest BCUT2D eigenvalue weighted by Gasteiger charge is 2.16. The first-order chi connectivity index (χ1) is 10.8. The molecule has 0 unspecified atom stereocenters. The van der Waals surface area contributed by atoms with Crippen LogP contribution in [-0.2, 0) is 10.0 Å². The third kappa shape index (κ3) is 5.02. The lowest BCUT2D eigenvalue weighted by molar-refractivity contribution is 0.0819. The molecule has 0 bridgehead atoms. The maximum atomic E-state index is 12.3. The summed E-state index contributed by atoms with van der Waals surface area (Å²) in [6.07, 6.45) is -1.24. The number of benzene rings is 1. The van der Waals surface area contributed by atoms with Gasteiger partial charge >= 0.3 is 0 Å². The average molecular weight is 428 g/mol. The number of anilines is 1. The summed E-state index contributed by atoms with van der Waals surface area (Å²) in [5.41, 5.74) is 0.176. The lowest BCUT2D eigenvalue weighted by Gasteiger charge is -2.10. The van der Waals surface area contributed by atoms with Crippen molar-refractivity contribution in [2.45, 2.75) is 11.3 Å². The van der Waals surface area contributed by atoms with E-state index in [0.29, 0.717) is 0 Å². The van der Waals surface area contributed by atoms with E-state index < -0.39 is 23.1 Å². The van der Waals surface area contributed by atoms with Gasteiger partial charge in [0.2, 0.25) is 0 Å². The molecule has 124 valence electrons. The fourth-order valence-electron chi connectivity index (χ4n) is 1.57. The molecule has 1 heterocycles. The molecule has 2 aromatic rings. The molecule has 5 nitrogen and oxygen atoms in total. The van der Waals surface area contributed by atoms with Crippen LogP contribution in [0.25, 0.3) is 0 Å². The van der Waals surface area contributed by atoms with Crippen molar-refractivity contribution in [3.05, 3.63) is 46.2 Å². The number of nitrogens with one attached hydrogen (secondary N) is 1. The lowest BCUT2D eigenvalue weighted by Crippen LogP contribution is -2.13. The van der Waals surface area contributed by atoms with E-state index in [9.17, 15) is 17.2 Å². The Morgan fingerprint density at radius 3 is 2.57 bits per heavy atom. The number of alkyl halides is 2. The smallest absolute Gasteiger partial charge is 0.272 e. The highest BCUT2D eigenvalue weighted by atomic mass is 79.9. The number of rotatable bonds is 6. The second-order valence-corrected chi connectivity index (χ2v) is 7.14. The van der Waals surface area contributed by atoms with E-state index in [2.05, 4.69) is 25.6 Å². The number of sulfonamides is 1. The van der Waals surface area contributed by atoms with Crippen LogP contribution >= 0.6 is 27.5 Å². The molecule has 1 N–H and O–H groups in total. The molecule has 0 atom stereocenters. The molecule has 1 aromatic carbocycles. The van der Waals surface area contributed by atoms with Crippen molar-refractivity contribution in [1.82, 2.24) is 4.98 Å². The zero-order valence-corrected chi connectivity index (χ0v) is 14.5. The zero-order valence-electron chi connectivity index (χ0n) is 11.3. The minimum absolute atomic E-state index is 0.0613. The summed E-state index contributed by atoms with van der Waals surface area (Å²) in [5.74, 6) is 0.148. The van der Waals surface area contributed by atoms with Gasteiger partial charge in [-0.15, -0.1) is 0 Å². The van der Waals surface area contributed by atoms with E-state index in [1.54, 1.807) is 0 Å². The molecule has 0 amide bonds. The summed E-state index contributed by atoms with van der Waals surface area (Å²) < 4.78 is 56.1. The van der Waals surface area contributed by atoms with Crippen molar-refractivity contribution in [2.24, 2.45) is 0 Å². The normalized spacial score (nSPS) is 11.5. The monoisotopic (exact) mass is 426 g/mol. The van der Waals surface area contributed by atoms with Crippen molar-refractivity contribution in [2.75, 3.05) is 11.3 Å². The largest absolute Gasteiger partial charge is 0.488 e. The van der Waals surface area contributed by atoms with Crippen LogP contribution in [0, 0.1) is 0 Å². The van der Waals surface area contributed by atoms with Crippen molar-refractivity contribution < 1.29 is 21.9 Å². The molecule has 0 spiro atoms. The van der Waals surface area contributed by atoms with E-state index in [1.165, 1.54) is 36.5 Å². The van der Waals surface area contributed by atoms with Gasteiger partial charge in [-0.05, 0) is 46.3 Å². The van der Waals surface area contributed by atoms with Crippen LogP contribution in [0.1, 0.15) is 0 Å². The Balaban J connectivity index is 2.17. The molecule has 10 heteroatoms. The van der Waals surface area contributed by atoms with Gasteiger partial charge in [0.05, 0.1) is 15.6 Å². The predicted molar refractivity (Wildman–Crippen MR) is 85.7 cm³/mol. The van der Waals surface area contributed by atoms with Crippen molar-refractivity contribution >= 4 is 43.2 Å². The molecule has 1 aromatic heterocycles. The standard InChI is InChI=1S/C13H10BrClF2N2O3S/c14-13-11(5-8(15)6-18-13)19-23(20,21)10-3-1-9(2-4-10)22-7-12(16)17/h1-6,12,19H,7H2. The first kappa shape index (κ1) is 17.9. The predicted octanol–water partition coefficient (Wildman–Crippen LogP) is 3.94. The minimum atomic E-state index is -3.88. The molecule has 0 radical (unpaired) electrons. The van der Waals surface area contributed by atoms with Crippen molar-refractivity contribution in [3.8, 4) is 5.75 Å². The summed E-state index contributed by atoms with van der Waals surface area (Å²) in [7, 11) is -3.88. The Morgan fingerprint density at radius 1 is 1.30 bits per heavy atom. The fraction of sp³-hybridized carbons (Fsp3) is 0.154. The van der Waals surface area contributed by atoms with Crippen LogP contribution in [-0.4, -0.2) is 26.4 Å². The second kappa shape index (κ2) is 7.41. The van der Waals surface area contributed by atoms with E-state index >= 15 is 0 Å². The van der Waals surface area contributed by atoms with E-state index in [-0.39, 0.29) is 26.0 Å². The summed E-state index contributed by atoms with van der Waals surface area (Å²) in [4.78, 5) is 3.82. The van der Waals surface area contributed by atoms with Gasteiger partial charge in [-0.3, -0.25) is 4.72 Å². The van der Waals surface area contributed by atoms with Gasteiger partial charge in [-0.2, -0.15) is 0 Å². The summed E-state index contributed by atoms with van der Waals surface area (Å²) >= 11 is 8.89. The Kier molecular flexibility index (Phi) is 5.77. The molecule has 23 heavy (non-hydrogen) atoms. The molecule has 2 rings (SSSR count). The number of hydrogen-bond acceptors (Lipinski definition) is 4. The summed E-state index contributed by atoms with van der Waals surface area (Å²) in [6.45, 7) is -0.758. The Labute approximate surface area is 144 Å². The highest BCUT2D eigenvalue weighted by molar-refractivity contribution is 9.10. The minimum Gasteiger partial charge on any atom is -0.488 e. The van der Waals surface area contributed by atoms with Crippen LogP contribution in [0.4, 0.5) is 14.5 Å². The van der Waals surface area contributed by atoms with E-state index in [4.69, 9.17) is 16.3 Å². The quantitative estimate of drug-likeness (QED) is 0.709. The first-order valence-corrected chi connectivity index (χ1v) is 8.78. The van der Waals surface area contributed by atoms with Crippen LogP contribution in [0.5, 0.6) is 5.75 Å². The van der Waals surface area contributed by atoms with Gasteiger partial charge in [0.25, 0.3) is 16.4 Å². The molecule has 0 saturated heterocycles. The molecule has 0 saturated carbocycles. The van der Waals surface area contributed by atoms with Crippen molar-refractivity contribution in [3.63, 3.8) is 0 Å². The van der Waals surface area contributed by atoms with Crippen molar-refractivity contribution in [1.29, 1.82) is 0 Å². The number of nitrogens with zero attached hydrogens (tertiary/aromatic N) is 1. The fourth-order valence-corrected chi connectivity index (χ4v) is 3.23. The second-order valence-electron chi connectivity index (χ2n) is 4.27. The van der Waals surface area contributed by atoms with Gasteiger partial charge in [0.1, 0.15) is 17.0 Å². The third-order valence-electron chi connectivity index (χ3n) is 2.56. The van der Waals surface area contributed by atoms with Crippen LogP contribution in [0.2, 0.25) is 5.02 Å². The number of ether oxygens (including phenoxy) is 1. The molecule has 0 aliphatic heterocycles. The Morgan fingerprint density at radius 2 is 1.96 bits per heavy atom. The van der Waals surface area contributed by atoms with E-state index in [0.717, 1.165) is 0 Å². The topological polar surface area (TPSA) is 68.3 Å². The number of aromatic nitrogens is 1. The Bertz CT molecular complexity index is 788. The van der Waals surface area contributed by atoms with Gasteiger partial charge in [0.15, 0.2) is 0 Å². The maximum absolute atomic E-state index is 12.3. The lowest BCUT2D eigenvalue weighted by atomic mass is 10.3. The SMILES string of the molecule is O=S(=O)(Nc1cc(Cl)cnc1Br)c1ccc(OCC(F)F)cc1. The van der Waals surface area contributed by atoms with Crippen LogP contribution in [0.15, 0.2) is 46.0 Å². The van der Waals surface area contributed by atoms with Gasteiger partial charge in [-0.1, -0.05) is 11.6 Å². The van der Waals surface area contributed by atoms with E-state index in [1.807, 2.05) is 0 Å². The molecular formula is C13H10BrClF2N2O3S. The number of hydrogen-bond donors (Lipinski definition) is 1. The molecule has 0 aliphatic rings. The summed E-state index contributed by atoms with van der Waals surface area (Å²) in [6, 6.07) is 6.48. The summed E-state index contributed by atoms with van der Waals surface area (Å²) in [5, 5.41) is 0.265. The third-order valence-corrected chi connectivity index (χ3v) is 4.78. The van der Waals surface area contributed by atoms with Gasteiger partial charge < -0.3 is 4.74 Å². The maximum Gasteiger partial charge on any atom is 0.272 e. The van der Waals surface area contributed by atoms with Gasteiger partial charge in [-0.25, -0.2) is 22.2 Å². The molecule has 0 fully saturated rings. The first-order valence-electron chi connectivity index (χ1n) is 6.13. The highest BCUT2D eigenvalue weighted by Crippen LogP contribution is 2.26. The molecule has 0 aliphatic carbocycles. The van der Waals surface area contributed by atoms with Gasteiger partial charge in [0, 0.05) is 6.20 Å². The number of halogens is 4. The number of pyridine rings is 1. The molecular weight excluding hydrogens is 418 g/mol. The van der Waals surface area contributed by atoms with Crippen LogP contribution < -0.4 is 9.46 Å². The average Bonchev–Trinajstić information content (AvgIpc) is 2.49.